The van der Waals surface area contributed by atoms with E-state index in [2.05, 4.69) is 84.0 Å². The summed E-state index contributed by atoms with van der Waals surface area (Å²) >= 11 is 0. The molecular weight excluding hydrogens is 755 g/mol. The Bertz CT molecular complexity index is 2440. The molecule has 8 heterocycles. The summed E-state index contributed by atoms with van der Waals surface area (Å²) < 4.78 is 14.2. The second-order valence-electron chi connectivity index (χ2n) is 21.5. The van der Waals surface area contributed by atoms with Crippen molar-refractivity contribution in [1.82, 2.24) is 9.80 Å². The molecule has 2 aromatic rings. The molecule has 4 fully saturated rings. The zero-order chi connectivity index (χ0) is 41.0. The molecule has 14 aliphatic rings. The van der Waals surface area contributed by atoms with Crippen molar-refractivity contribution >= 4 is 11.9 Å². The summed E-state index contributed by atoms with van der Waals surface area (Å²) in [6.45, 7) is 9.87. The van der Waals surface area contributed by atoms with Crippen molar-refractivity contribution < 1.29 is 19.1 Å². The number of esters is 2. The molecule has 316 valence electrons. The number of hydrogen-bond donors (Lipinski definition) is 1. The van der Waals surface area contributed by atoms with Gasteiger partial charge in [0.1, 0.15) is 11.2 Å². The van der Waals surface area contributed by atoms with Gasteiger partial charge in [0.15, 0.2) is 5.60 Å². The molecule has 2 aromatic carbocycles. The molecule has 8 aliphatic heterocycles. The number of aryl methyl sites for hydroxylation is 2. The highest BCUT2D eigenvalue weighted by atomic mass is 16.6. The molecule has 12 atom stereocenters. The zero-order valence-electron chi connectivity index (χ0n) is 36.1. The Morgan fingerprint density at radius 2 is 1.85 bits per heavy atom. The first-order chi connectivity index (χ1) is 29.8. The first kappa shape index (κ1) is 37.4. The predicted octanol–water partition coefficient (Wildman–Crippen LogP) is 8.05. The average Bonchev–Trinajstić information content (AvgIpc) is 3.70. The van der Waals surface area contributed by atoms with Gasteiger partial charge in [-0.2, -0.15) is 0 Å². The number of carbonyl (C=O) groups is 2. The fourth-order valence-corrected chi connectivity index (χ4v) is 16.8. The lowest BCUT2D eigenvalue weighted by molar-refractivity contribution is -0.278. The third kappa shape index (κ3) is 4.70. The maximum absolute atomic E-state index is 15.9. The molecule has 0 radical (unpaired) electrons. The number of ether oxygens (including phenoxy) is 2. The molecule has 61 heavy (non-hydrogen) atoms. The van der Waals surface area contributed by atoms with E-state index in [1.54, 1.807) is 0 Å². The molecule has 0 amide bonds. The van der Waals surface area contributed by atoms with Crippen molar-refractivity contribution in [1.29, 1.82) is 0 Å². The number of piperidine rings is 2. The zero-order valence-corrected chi connectivity index (χ0v) is 36.1. The van der Waals surface area contributed by atoms with Crippen LogP contribution >= 0.6 is 0 Å². The van der Waals surface area contributed by atoms with Gasteiger partial charge in [-0.15, -0.1) is 0 Å². The highest BCUT2D eigenvalue weighted by Gasteiger charge is 2.92. The Labute approximate surface area is 361 Å². The normalized spacial score (nSPS) is 41.9. The van der Waals surface area contributed by atoms with Gasteiger partial charge in [0, 0.05) is 67.7 Å². The molecule has 16 rings (SSSR count). The predicted molar refractivity (Wildman–Crippen MR) is 234 cm³/mol. The summed E-state index contributed by atoms with van der Waals surface area (Å²) in [5, 5.41) is 0. The van der Waals surface area contributed by atoms with E-state index in [0.717, 1.165) is 126 Å². The molecular formula is C54H61N3O4. The summed E-state index contributed by atoms with van der Waals surface area (Å²) in [6.07, 6.45) is 16.7. The topological polar surface area (TPSA) is 85.1 Å². The minimum Gasteiger partial charge on any atom is -0.449 e. The Balaban J connectivity index is 1.11. The molecule has 3 saturated heterocycles. The number of fused-ring (bicyclic) bond motifs is 5. The van der Waals surface area contributed by atoms with Crippen LogP contribution < -0.4 is 5.73 Å². The van der Waals surface area contributed by atoms with Crippen LogP contribution in [0.2, 0.25) is 0 Å². The summed E-state index contributed by atoms with van der Waals surface area (Å²) in [4.78, 5) is 36.3. The fourth-order valence-electron chi connectivity index (χ4n) is 16.8. The van der Waals surface area contributed by atoms with Gasteiger partial charge in [0.2, 0.25) is 0 Å². The minimum atomic E-state index is -0.982. The fraction of sp³-hybridized carbons (Fsp3) is 0.593. The first-order valence-electron chi connectivity index (χ1n) is 24.3. The molecule has 7 heteroatoms. The van der Waals surface area contributed by atoms with Crippen LogP contribution in [0.5, 0.6) is 0 Å². The van der Waals surface area contributed by atoms with Crippen LogP contribution in [0.15, 0.2) is 71.2 Å². The van der Waals surface area contributed by atoms with E-state index in [0.29, 0.717) is 42.2 Å². The Morgan fingerprint density at radius 1 is 0.984 bits per heavy atom. The largest absolute Gasteiger partial charge is 0.449 e. The van der Waals surface area contributed by atoms with Gasteiger partial charge >= 0.3 is 11.9 Å². The Hall–Kier alpha value is -4.12. The van der Waals surface area contributed by atoms with Crippen LogP contribution in [0.25, 0.3) is 0 Å². The van der Waals surface area contributed by atoms with E-state index in [-0.39, 0.29) is 29.7 Å². The van der Waals surface area contributed by atoms with Gasteiger partial charge in [-0.25, -0.2) is 4.79 Å². The van der Waals surface area contributed by atoms with Crippen LogP contribution in [0, 0.1) is 70.0 Å². The maximum Gasteiger partial charge on any atom is 0.339 e. The third-order valence-electron chi connectivity index (χ3n) is 18.9. The second-order valence-corrected chi connectivity index (χ2v) is 21.5. The average molecular weight is 816 g/mol. The van der Waals surface area contributed by atoms with Gasteiger partial charge in [-0.1, -0.05) is 72.7 Å². The van der Waals surface area contributed by atoms with Crippen LogP contribution in [-0.4, -0.2) is 60.5 Å². The summed E-state index contributed by atoms with van der Waals surface area (Å²) in [6, 6.07) is 14.0. The van der Waals surface area contributed by atoms with Crippen molar-refractivity contribution in [3.63, 3.8) is 0 Å². The van der Waals surface area contributed by atoms with Gasteiger partial charge in [-0.05, 0) is 148 Å². The van der Waals surface area contributed by atoms with E-state index < -0.39 is 16.4 Å². The first-order valence-corrected chi connectivity index (χ1v) is 24.3. The summed E-state index contributed by atoms with van der Waals surface area (Å²) in [7, 11) is 0. The standard InChI is InChI=1S/C54H61N3O4/c1-31-15-18-46-52-20-19-41-43-25-40-24-39-23-33(8-3-4-14-45(53(43,52)51(59)60-46)54(52)42-13-6-10-37(12-7-21-55)48(42)50(58)61-54)16-17-36(39)9-5-11-38-26-44(49(41)47(40)32(38)2)57-29-34-22-35(30-57)28-56(31)27-34/h6,10,13,16-18,23,26,31-32,34-35,38,40,45,47,49H,3-4,7-9,12,14-15,19-22,24-25,27-30,55H2,1-2H3. The van der Waals surface area contributed by atoms with Crippen molar-refractivity contribution in [2.75, 3.05) is 32.7 Å². The number of rotatable bonds is 3. The van der Waals surface area contributed by atoms with Gasteiger partial charge in [0.25, 0.3) is 0 Å². The summed E-state index contributed by atoms with van der Waals surface area (Å²) in [5.41, 5.74) is 14.8. The van der Waals surface area contributed by atoms with Gasteiger partial charge in [-0.3, -0.25) is 9.69 Å². The van der Waals surface area contributed by atoms with Crippen LogP contribution in [0.1, 0.15) is 110 Å². The third-order valence-corrected chi connectivity index (χ3v) is 18.9. The van der Waals surface area contributed by atoms with Gasteiger partial charge in [0.05, 0.1) is 11.0 Å². The van der Waals surface area contributed by atoms with Crippen molar-refractivity contribution in [2.45, 2.75) is 109 Å². The maximum atomic E-state index is 15.9. The number of benzene rings is 2. The number of nitrogens with two attached hydrogens (primary N) is 1. The lowest BCUT2D eigenvalue weighted by atomic mass is 9.28. The number of allylic oxidation sites excluding steroid dienone is 2. The lowest BCUT2D eigenvalue weighted by Gasteiger charge is -2.72. The second kappa shape index (κ2) is 13.2. The molecule has 1 saturated carbocycles. The number of hydrogen-bond acceptors (Lipinski definition) is 7. The quantitative estimate of drug-likeness (QED) is 0.191. The van der Waals surface area contributed by atoms with Crippen LogP contribution in [0.3, 0.4) is 0 Å². The van der Waals surface area contributed by atoms with Crippen molar-refractivity contribution in [3.05, 3.63) is 105 Å². The number of nitrogens with zero attached hydrogens (tertiary/aromatic N) is 2. The van der Waals surface area contributed by atoms with Crippen molar-refractivity contribution in [2.24, 2.45) is 63.9 Å². The van der Waals surface area contributed by atoms with E-state index in [1.807, 2.05) is 0 Å². The van der Waals surface area contributed by atoms with Crippen molar-refractivity contribution in [3.8, 4) is 11.8 Å². The van der Waals surface area contributed by atoms with Gasteiger partial charge < -0.3 is 20.1 Å². The van der Waals surface area contributed by atoms with E-state index in [9.17, 15) is 4.79 Å². The molecule has 12 unspecified atom stereocenters. The molecule has 6 aliphatic carbocycles. The summed E-state index contributed by atoms with van der Waals surface area (Å²) in [5.74, 6) is 10.8. The molecule has 0 aromatic heterocycles. The highest BCUT2D eigenvalue weighted by Crippen LogP contribution is 2.87. The SMILES string of the molecule is CC1C2C#CCc3ccc4cc3CC3CC5=C6CCC78C(=CCC(C)N9CC%10CC(CN(C%10)C(=C2)C6C31)C9)OC(=O)C57C(CCCC4)C81OC(=O)c2c(CCCN)cccc21. The van der Waals surface area contributed by atoms with E-state index >= 15 is 4.79 Å². The minimum absolute atomic E-state index is 0.0697. The molecule has 3 spiro atoms. The lowest BCUT2D eigenvalue weighted by Crippen LogP contribution is -2.77. The Kier molecular flexibility index (Phi) is 8.11. The molecule has 7 nitrogen and oxygen atoms in total. The monoisotopic (exact) mass is 815 g/mol. The van der Waals surface area contributed by atoms with Crippen LogP contribution in [0.4, 0.5) is 0 Å². The molecule has 2 N–H and O–H groups in total. The van der Waals surface area contributed by atoms with E-state index in [1.165, 1.54) is 40.0 Å². The van der Waals surface area contributed by atoms with Crippen LogP contribution in [-0.2, 0) is 45.6 Å². The highest BCUT2D eigenvalue weighted by molar-refractivity contribution is 6.00. The Morgan fingerprint density at radius 3 is 2.70 bits per heavy atom. The smallest absolute Gasteiger partial charge is 0.339 e. The molecule has 15 bridgehead atoms. The van der Waals surface area contributed by atoms with E-state index in [4.69, 9.17) is 15.2 Å². The number of carbonyl (C=O) groups excluding carboxylic acids is 2.